The molecule has 0 radical (unpaired) electrons. The van der Waals surface area contributed by atoms with E-state index in [1.165, 1.54) is 0 Å². The lowest BCUT2D eigenvalue weighted by atomic mass is 10.2. The van der Waals surface area contributed by atoms with E-state index in [9.17, 15) is 4.79 Å². The van der Waals surface area contributed by atoms with E-state index in [4.69, 9.17) is 0 Å². The number of hydrogen-bond donors (Lipinski definition) is 1. The number of carbonyl (C=O) groups is 1. The van der Waals surface area contributed by atoms with E-state index in [1.807, 2.05) is 4.90 Å². The molecule has 0 aromatic rings. The Bertz CT molecular complexity index is 206. The first-order chi connectivity index (χ1) is 7.13. The summed E-state index contributed by atoms with van der Waals surface area (Å²) >= 11 is 0. The third-order valence-electron chi connectivity index (χ3n) is 3.18. The van der Waals surface area contributed by atoms with Crippen LogP contribution in [0, 0.1) is 0 Å². The molecule has 1 rings (SSSR count). The largest absolute Gasteiger partial charge is 0.343 e. The van der Waals surface area contributed by atoms with Gasteiger partial charge in [-0.3, -0.25) is 4.79 Å². The van der Waals surface area contributed by atoms with Crippen molar-refractivity contribution in [2.45, 2.75) is 58.5 Å². The van der Waals surface area contributed by atoms with E-state index in [2.05, 4.69) is 26.1 Å². The van der Waals surface area contributed by atoms with Gasteiger partial charge in [-0.15, -0.1) is 0 Å². The fourth-order valence-corrected chi connectivity index (χ4v) is 1.98. The molecule has 1 fully saturated rings. The van der Waals surface area contributed by atoms with Gasteiger partial charge in [-0.05, 0) is 33.1 Å². The van der Waals surface area contributed by atoms with Crippen molar-refractivity contribution in [2.75, 3.05) is 13.1 Å². The van der Waals surface area contributed by atoms with Gasteiger partial charge in [-0.25, -0.2) is 0 Å². The molecular weight excluding hydrogens is 188 g/mol. The predicted octanol–water partition coefficient (Wildman–Crippen LogP) is 1.78. The normalized spacial score (nSPS) is 20.7. The molecule has 2 atom stereocenters. The number of rotatable bonds is 6. The van der Waals surface area contributed by atoms with Crippen LogP contribution in [0.25, 0.3) is 0 Å². The summed E-state index contributed by atoms with van der Waals surface area (Å²) in [6, 6.07) is 1.09. The summed E-state index contributed by atoms with van der Waals surface area (Å²) in [6.45, 7) is 8.48. The first-order valence-corrected chi connectivity index (χ1v) is 6.17. The Morgan fingerprint density at radius 1 is 1.40 bits per heavy atom. The highest BCUT2D eigenvalue weighted by molar-refractivity contribution is 5.77. The Morgan fingerprint density at radius 2 is 2.13 bits per heavy atom. The second kappa shape index (κ2) is 6.11. The SMILES string of the molecule is CCC(C)NC(C)CCN1CCCC1=O. The maximum absolute atomic E-state index is 11.4. The van der Waals surface area contributed by atoms with Gasteiger partial charge < -0.3 is 10.2 Å². The van der Waals surface area contributed by atoms with Gasteiger partial charge in [-0.1, -0.05) is 6.92 Å². The molecule has 0 aromatic carbocycles. The summed E-state index contributed by atoms with van der Waals surface area (Å²) in [6.07, 6.45) is 4.03. The van der Waals surface area contributed by atoms with Crippen LogP contribution in [-0.2, 0) is 4.79 Å². The monoisotopic (exact) mass is 212 g/mol. The number of nitrogens with one attached hydrogen (secondary N) is 1. The standard InChI is InChI=1S/C12H24N2O/c1-4-10(2)13-11(3)7-9-14-8-5-6-12(14)15/h10-11,13H,4-9H2,1-3H3. The van der Waals surface area contributed by atoms with Crippen LogP contribution >= 0.6 is 0 Å². The number of amides is 1. The fraction of sp³-hybridized carbons (Fsp3) is 0.917. The van der Waals surface area contributed by atoms with E-state index in [-0.39, 0.29) is 0 Å². The lowest BCUT2D eigenvalue weighted by Gasteiger charge is -2.22. The number of hydrogen-bond acceptors (Lipinski definition) is 2. The maximum Gasteiger partial charge on any atom is 0.222 e. The van der Waals surface area contributed by atoms with E-state index in [0.717, 1.165) is 38.8 Å². The summed E-state index contributed by atoms with van der Waals surface area (Å²) in [4.78, 5) is 13.4. The molecule has 3 heteroatoms. The zero-order chi connectivity index (χ0) is 11.3. The van der Waals surface area contributed by atoms with Crippen molar-refractivity contribution in [1.29, 1.82) is 0 Å². The molecule has 0 aromatic heterocycles. The molecule has 0 spiro atoms. The molecule has 88 valence electrons. The van der Waals surface area contributed by atoms with E-state index < -0.39 is 0 Å². The average Bonchev–Trinajstić information content (AvgIpc) is 2.61. The molecule has 1 aliphatic heterocycles. The summed E-state index contributed by atoms with van der Waals surface area (Å²) in [5.41, 5.74) is 0. The first-order valence-electron chi connectivity index (χ1n) is 6.17. The van der Waals surface area contributed by atoms with Gasteiger partial charge >= 0.3 is 0 Å². The first kappa shape index (κ1) is 12.5. The lowest BCUT2D eigenvalue weighted by molar-refractivity contribution is -0.127. The third-order valence-corrected chi connectivity index (χ3v) is 3.18. The van der Waals surface area contributed by atoms with Gasteiger partial charge in [-0.2, -0.15) is 0 Å². The minimum atomic E-state index is 0.339. The second-order valence-corrected chi connectivity index (χ2v) is 4.65. The Morgan fingerprint density at radius 3 is 2.67 bits per heavy atom. The molecule has 1 amide bonds. The third kappa shape index (κ3) is 4.20. The van der Waals surface area contributed by atoms with Gasteiger partial charge in [0, 0.05) is 31.6 Å². The Hall–Kier alpha value is -0.570. The zero-order valence-corrected chi connectivity index (χ0v) is 10.3. The van der Waals surface area contributed by atoms with Crippen LogP contribution < -0.4 is 5.32 Å². The van der Waals surface area contributed by atoms with Gasteiger partial charge in [0.25, 0.3) is 0 Å². The number of nitrogens with zero attached hydrogens (tertiary/aromatic N) is 1. The van der Waals surface area contributed by atoms with Crippen molar-refractivity contribution in [1.82, 2.24) is 10.2 Å². The Balaban J connectivity index is 2.16. The van der Waals surface area contributed by atoms with Crippen molar-refractivity contribution in [3.8, 4) is 0 Å². The quantitative estimate of drug-likeness (QED) is 0.728. The minimum absolute atomic E-state index is 0.339. The molecule has 0 bridgehead atoms. The Kier molecular flexibility index (Phi) is 5.09. The topological polar surface area (TPSA) is 32.3 Å². The van der Waals surface area contributed by atoms with Gasteiger partial charge in [0.2, 0.25) is 5.91 Å². The summed E-state index contributed by atoms with van der Waals surface area (Å²) in [7, 11) is 0. The van der Waals surface area contributed by atoms with Crippen LogP contribution in [-0.4, -0.2) is 36.0 Å². The van der Waals surface area contributed by atoms with E-state index in [1.54, 1.807) is 0 Å². The Labute approximate surface area is 93.2 Å². The summed E-state index contributed by atoms with van der Waals surface area (Å²) in [5.74, 6) is 0.339. The molecule has 3 nitrogen and oxygen atoms in total. The maximum atomic E-state index is 11.4. The molecule has 15 heavy (non-hydrogen) atoms. The molecule has 2 unspecified atom stereocenters. The molecular formula is C12H24N2O. The van der Waals surface area contributed by atoms with E-state index >= 15 is 0 Å². The van der Waals surface area contributed by atoms with Gasteiger partial charge in [0.05, 0.1) is 0 Å². The molecule has 0 aliphatic carbocycles. The lowest BCUT2D eigenvalue weighted by Crippen LogP contribution is -2.37. The van der Waals surface area contributed by atoms with Gasteiger partial charge in [0.1, 0.15) is 0 Å². The van der Waals surface area contributed by atoms with Crippen molar-refractivity contribution in [3.05, 3.63) is 0 Å². The van der Waals surface area contributed by atoms with Crippen LogP contribution in [0.2, 0.25) is 0 Å². The van der Waals surface area contributed by atoms with Crippen molar-refractivity contribution in [3.63, 3.8) is 0 Å². The minimum Gasteiger partial charge on any atom is -0.343 e. The van der Waals surface area contributed by atoms with Crippen LogP contribution in [0.15, 0.2) is 0 Å². The molecule has 0 saturated carbocycles. The zero-order valence-electron chi connectivity index (χ0n) is 10.3. The fourth-order valence-electron chi connectivity index (χ4n) is 1.98. The smallest absolute Gasteiger partial charge is 0.222 e. The summed E-state index contributed by atoms with van der Waals surface area (Å²) in [5, 5.41) is 3.53. The highest BCUT2D eigenvalue weighted by Gasteiger charge is 2.20. The second-order valence-electron chi connectivity index (χ2n) is 4.65. The number of likely N-dealkylation sites (tertiary alicyclic amines) is 1. The molecule has 1 N–H and O–H groups in total. The van der Waals surface area contributed by atoms with Crippen molar-refractivity contribution >= 4 is 5.91 Å². The predicted molar refractivity (Wildman–Crippen MR) is 62.8 cm³/mol. The van der Waals surface area contributed by atoms with Crippen molar-refractivity contribution in [2.24, 2.45) is 0 Å². The van der Waals surface area contributed by atoms with Crippen molar-refractivity contribution < 1.29 is 4.79 Å². The van der Waals surface area contributed by atoms with Crippen LogP contribution in [0.4, 0.5) is 0 Å². The van der Waals surface area contributed by atoms with E-state index in [0.29, 0.717) is 18.0 Å². The summed E-state index contributed by atoms with van der Waals surface area (Å²) < 4.78 is 0. The van der Waals surface area contributed by atoms with Crippen LogP contribution in [0.3, 0.4) is 0 Å². The highest BCUT2D eigenvalue weighted by Crippen LogP contribution is 2.10. The van der Waals surface area contributed by atoms with Crippen LogP contribution in [0.5, 0.6) is 0 Å². The molecule has 1 aliphatic rings. The van der Waals surface area contributed by atoms with Gasteiger partial charge in [0.15, 0.2) is 0 Å². The van der Waals surface area contributed by atoms with Crippen LogP contribution in [0.1, 0.15) is 46.5 Å². The highest BCUT2D eigenvalue weighted by atomic mass is 16.2. The molecule has 1 saturated heterocycles. The molecule has 1 heterocycles. The average molecular weight is 212 g/mol. The number of carbonyl (C=O) groups excluding carboxylic acids is 1.